The molecule has 2 bridgehead atoms. The lowest BCUT2D eigenvalue weighted by Crippen LogP contribution is -2.53. The Kier molecular flexibility index (Phi) is 9.57. The van der Waals surface area contributed by atoms with E-state index in [-0.39, 0.29) is 17.3 Å². The number of halogens is 1. The van der Waals surface area contributed by atoms with E-state index >= 15 is 0 Å². The summed E-state index contributed by atoms with van der Waals surface area (Å²) in [5.74, 6) is 1.01. The van der Waals surface area contributed by atoms with Crippen LogP contribution >= 0.6 is 11.6 Å². The van der Waals surface area contributed by atoms with Gasteiger partial charge in [0.1, 0.15) is 5.75 Å². The Hall–Kier alpha value is -2.29. The molecule has 7 rings (SSSR count). The van der Waals surface area contributed by atoms with Crippen LogP contribution < -0.4 is 14.4 Å². The number of anilines is 1. The topological polar surface area (TPSA) is 95.9 Å². The van der Waals surface area contributed by atoms with Crippen molar-refractivity contribution in [1.82, 2.24) is 4.72 Å². The molecule has 0 aromatic heterocycles. The van der Waals surface area contributed by atoms with Gasteiger partial charge in [0.2, 0.25) is 10.0 Å². The summed E-state index contributed by atoms with van der Waals surface area (Å²) in [6.07, 6.45) is 14.2. The molecule has 6 atom stereocenters. The maximum Gasteiger partial charge on any atom is 0.264 e. The van der Waals surface area contributed by atoms with Gasteiger partial charge in [-0.25, -0.2) is 13.1 Å². The number of aryl methyl sites for hydroxylation is 1. The van der Waals surface area contributed by atoms with Crippen molar-refractivity contribution in [3.63, 3.8) is 0 Å². The summed E-state index contributed by atoms with van der Waals surface area (Å²) in [5, 5.41) is 12.7. The number of hydrogen-bond donors (Lipinski definition) is 2. The fraction of sp³-hybridized carbons (Fsp3) is 0.667. The molecule has 2 N–H and O–H groups in total. The molecule has 262 valence electrons. The molecular weight excluding hydrogens is 644 g/mol. The van der Waals surface area contributed by atoms with Crippen LogP contribution in [-0.4, -0.2) is 50.0 Å². The van der Waals surface area contributed by atoms with E-state index < -0.39 is 26.8 Å². The van der Waals surface area contributed by atoms with Gasteiger partial charge in [0.15, 0.2) is 0 Å². The smallest absolute Gasteiger partial charge is 0.264 e. The highest BCUT2D eigenvalue weighted by molar-refractivity contribution is 7.90. The number of ether oxygens (including phenoxy) is 1. The monoisotopic (exact) mass is 696 g/mol. The number of fused-ring (bicyclic) bond motifs is 4. The van der Waals surface area contributed by atoms with Crippen LogP contribution in [0, 0.1) is 23.7 Å². The summed E-state index contributed by atoms with van der Waals surface area (Å²) < 4.78 is 36.0. The Bertz CT molecular complexity index is 1630. The lowest BCUT2D eigenvalue weighted by molar-refractivity contribution is -0.105. The molecule has 0 unspecified atom stereocenters. The molecule has 0 saturated heterocycles. The fourth-order valence-electron chi connectivity index (χ4n) is 9.92. The summed E-state index contributed by atoms with van der Waals surface area (Å²) >= 11 is 6.47. The Morgan fingerprint density at radius 2 is 1.79 bits per heavy atom. The van der Waals surface area contributed by atoms with Crippen molar-refractivity contribution in [3.05, 3.63) is 58.1 Å². The predicted octanol–water partition coefficient (Wildman–Crippen LogP) is 7.81. The third-order valence-electron chi connectivity index (χ3n) is 13.0. The SMILES string of the molecule is C[C@@H]1[C@@H](C)CCC[C@](O)(CC2CCCCC2)[C@@H]2CC[C@H]2CN2C[C@@]3(CCCc4cc(Cl)ccc43)COc3ccc(cc32)C(=O)NS1(=O)=O. The van der Waals surface area contributed by atoms with Crippen LogP contribution in [0.5, 0.6) is 5.75 Å². The van der Waals surface area contributed by atoms with Crippen molar-refractivity contribution < 1.29 is 23.1 Å². The third-order valence-corrected chi connectivity index (χ3v) is 15.2. The number of aliphatic hydroxyl groups is 1. The summed E-state index contributed by atoms with van der Waals surface area (Å²) in [7, 11) is -3.91. The number of benzene rings is 2. The molecule has 2 saturated carbocycles. The van der Waals surface area contributed by atoms with Gasteiger partial charge in [0.05, 0.1) is 23.1 Å². The largest absolute Gasteiger partial charge is 0.490 e. The number of sulfonamides is 1. The summed E-state index contributed by atoms with van der Waals surface area (Å²) in [4.78, 5) is 16.0. The van der Waals surface area contributed by atoms with Crippen LogP contribution in [0.4, 0.5) is 5.69 Å². The van der Waals surface area contributed by atoms with Crippen LogP contribution in [-0.2, 0) is 21.9 Å². The first kappa shape index (κ1) is 34.2. The second-order valence-electron chi connectivity index (χ2n) is 16.1. The standard InChI is InChI=1S/C39H53ClN2O5S/c1-26-8-6-19-39(44,22-28-9-4-3-5-10-28)34-15-12-31(34)23-42-24-38(18-7-11-29-20-32(40)14-16-33(29)38)25-47-36-17-13-30(21-35(36)42)37(43)41-48(45,46)27(26)2/h13-14,16-17,20-21,26-28,31,34,44H,3-12,15,18-19,22-25H2,1-2H3,(H,41,43)/t26-,27+,31-,34+,38-,39-/m0/s1. The summed E-state index contributed by atoms with van der Waals surface area (Å²) in [5.41, 5.74) is 2.67. The normalized spacial score (nSPS) is 34.2. The molecule has 2 aliphatic heterocycles. The number of hydrogen-bond acceptors (Lipinski definition) is 6. The number of nitrogens with one attached hydrogen (secondary N) is 1. The van der Waals surface area contributed by atoms with Crippen molar-refractivity contribution >= 4 is 33.2 Å². The predicted molar refractivity (Wildman–Crippen MR) is 191 cm³/mol. The van der Waals surface area contributed by atoms with E-state index in [0.29, 0.717) is 42.6 Å². The van der Waals surface area contributed by atoms with Crippen LogP contribution in [0.1, 0.15) is 119 Å². The van der Waals surface area contributed by atoms with Gasteiger partial charge in [-0.2, -0.15) is 0 Å². The van der Waals surface area contributed by atoms with Crippen LogP contribution in [0.3, 0.4) is 0 Å². The minimum atomic E-state index is -3.91. The van der Waals surface area contributed by atoms with E-state index in [1.807, 2.05) is 25.1 Å². The minimum Gasteiger partial charge on any atom is -0.490 e. The molecule has 1 spiro atoms. The van der Waals surface area contributed by atoms with Gasteiger partial charge in [-0.3, -0.25) is 4.79 Å². The first-order chi connectivity index (χ1) is 23.0. The van der Waals surface area contributed by atoms with E-state index in [9.17, 15) is 18.3 Å². The third kappa shape index (κ3) is 6.62. The number of carbonyl (C=O) groups is 1. The van der Waals surface area contributed by atoms with Gasteiger partial charge in [-0.15, -0.1) is 0 Å². The number of carbonyl (C=O) groups excluding carboxylic acids is 1. The highest BCUT2D eigenvalue weighted by atomic mass is 35.5. The van der Waals surface area contributed by atoms with E-state index in [1.165, 1.54) is 43.2 Å². The van der Waals surface area contributed by atoms with E-state index in [4.69, 9.17) is 16.3 Å². The number of nitrogens with zero attached hydrogens (tertiary/aromatic N) is 1. The zero-order chi connectivity index (χ0) is 33.7. The van der Waals surface area contributed by atoms with Gasteiger partial charge in [-0.05, 0) is 123 Å². The number of amides is 1. The zero-order valence-corrected chi connectivity index (χ0v) is 30.3. The second kappa shape index (κ2) is 13.4. The molecule has 7 nitrogen and oxygen atoms in total. The Morgan fingerprint density at radius 3 is 2.56 bits per heavy atom. The van der Waals surface area contributed by atoms with E-state index in [1.54, 1.807) is 13.0 Å². The molecule has 2 aromatic rings. The molecule has 2 aromatic carbocycles. The summed E-state index contributed by atoms with van der Waals surface area (Å²) in [6.45, 7) is 5.64. The van der Waals surface area contributed by atoms with Gasteiger partial charge >= 0.3 is 0 Å². The Labute approximate surface area is 292 Å². The lowest BCUT2D eigenvalue weighted by Gasteiger charge is -2.51. The second-order valence-corrected chi connectivity index (χ2v) is 18.6. The molecule has 2 fully saturated rings. The van der Waals surface area contributed by atoms with Crippen molar-refractivity contribution in [2.45, 2.75) is 120 Å². The van der Waals surface area contributed by atoms with Crippen molar-refractivity contribution in [2.75, 3.05) is 24.6 Å². The lowest BCUT2D eigenvalue weighted by atomic mass is 9.60. The fourth-order valence-corrected chi connectivity index (χ4v) is 11.4. The minimum absolute atomic E-state index is 0.153. The van der Waals surface area contributed by atoms with Crippen LogP contribution in [0.25, 0.3) is 0 Å². The zero-order valence-electron chi connectivity index (χ0n) is 28.7. The van der Waals surface area contributed by atoms with Gasteiger partial charge < -0.3 is 14.7 Å². The average molecular weight is 697 g/mol. The molecule has 48 heavy (non-hydrogen) atoms. The molecule has 5 aliphatic rings. The highest BCUT2D eigenvalue weighted by Crippen LogP contribution is 2.51. The Morgan fingerprint density at radius 1 is 0.979 bits per heavy atom. The van der Waals surface area contributed by atoms with Crippen molar-refractivity contribution in [2.24, 2.45) is 23.7 Å². The van der Waals surface area contributed by atoms with Gasteiger partial charge in [0.25, 0.3) is 5.91 Å². The first-order valence-electron chi connectivity index (χ1n) is 18.6. The van der Waals surface area contributed by atoms with Gasteiger partial charge in [0, 0.05) is 29.1 Å². The van der Waals surface area contributed by atoms with Crippen LogP contribution in [0.15, 0.2) is 36.4 Å². The van der Waals surface area contributed by atoms with Crippen molar-refractivity contribution in [3.8, 4) is 5.75 Å². The quantitative estimate of drug-likeness (QED) is 0.333. The van der Waals surface area contributed by atoms with Gasteiger partial charge in [-0.1, -0.05) is 63.1 Å². The molecule has 9 heteroatoms. The summed E-state index contributed by atoms with van der Waals surface area (Å²) in [6, 6.07) is 11.6. The first-order valence-corrected chi connectivity index (χ1v) is 20.5. The molecule has 3 aliphatic carbocycles. The van der Waals surface area contributed by atoms with E-state index in [0.717, 1.165) is 68.7 Å². The Balaban J connectivity index is 1.29. The van der Waals surface area contributed by atoms with Crippen LogP contribution in [0.2, 0.25) is 5.02 Å². The maximum absolute atomic E-state index is 13.5. The molecule has 1 amide bonds. The average Bonchev–Trinajstić information content (AvgIpc) is 3.19. The maximum atomic E-state index is 13.5. The number of rotatable bonds is 2. The van der Waals surface area contributed by atoms with Crippen molar-refractivity contribution in [1.29, 1.82) is 0 Å². The molecular formula is C39H53ClN2O5S. The van der Waals surface area contributed by atoms with E-state index in [2.05, 4.69) is 21.8 Å². The molecule has 2 heterocycles. The highest BCUT2D eigenvalue weighted by Gasteiger charge is 2.49. The molecule has 0 radical (unpaired) electrons.